The Balaban J connectivity index is 1.88. The first-order chi connectivity index (χ1) is 11.2. The Kier molecular flexibility index (Phi) is 6.76. The number of rotatable bonds is 7. The molecule has 2 aromatic rings. The minimum absolute atomic E-state index is 0.229. The molecule has 0 spiro atoms. The third kappa shape index (κ3) is 5.83. The zero-order valence-electron chi connectivity index (χ0n) is 13.1. The van der Waals surface area contributed by atoms with Gasteiger partial charge in [0.2, 0.25) is 0 Å². The van der Waals surface area contributed by atoms with Crippen molar-refractivity contribution in [3.63, 3.8) is 0 Å². The molecule has 0 atom stereocenters. The number of aryl methyl sites for hydroxylation is 1. The van der Waals surface area contributed by atoms with E-state index in [1.165, 1.54) is 0 Å². The average molecular weight is 333 g/mol. The van der Waals surface area contributed by atoms with Gasteiger partial charge in [-0.15, -0.1) is 11.6 Å². The molecular formula is C18H21ClN2O2. The lowest BCUT2D eigenvalue weighted by atomic mass is 10.2. The second-order valence-electron chi connectivity index (χ2n) is 5.18. The van der Waals surface area contributed by atoms with Crippen molar-refractivity contribution >= 4 is 23.3 Å². The van der Waals surface area contributed by atoms with Crippen LogP contribution in [0.2, 0.25) is 0 Å². The molecule has 0 radical (unpaired) electrons. The summed E-state index contributed by atoms with van der Waals surface area (Å²) in [5.41, 5.74) is 2.82. The molecule has 0 aliphatic rings. The highest BCUT2D eigenvalue weighted by Crippen LogP contribution is 2.22. The summed E-state index contributed by atoms with van der Waals surface area (Å²) >= 11 is 5.57. The Bertz CT molecular complexity index is 632. The van der Waals surface area contributed by atoms with Gasteiger partial charge in [0.15, 0.2) is 0 Å². The SMILES string of the molecule is Cc1cc(NC(=O)NCCCCl)ccc1OCc1ccccc1. The number of anilines is 1. The first-order valence-electron chi connectivity index (χ1n) is 7.57. The Morgan fingerprint density at radius 3 is 2.65 bits per heavy atom. The van der Waals surface area contributed by atoms with Crippen molar-refractivity contribution in [3.8, 4) is 5.75 Å². The van der Waals surface area contributed by atoms with Crippen LogP contribution >= 0.6 is 11.6 Å². The maximum atomic E-state index is 11.7. The maximum absolute atomic E-state index is 11.7. The third-order valence-electron chi connectivity index (χ3n) is 3.27. The quantitative estimate of drug-likeness (QED) is 0.586. The molecule has 0 aliphatic heterocycles. The summed E-state index contributed by atoms with van der Waals surface area (Å²) in [5.74, 6) is 1.34. The molecule has 2 aromatic carbocycles. The summed E-state index contributed by atoms with van der Waals surface area (Å²) in [6.07, 6.45) is 0.750. The summed E-state index contributed by atoms with van der Waals surface area (Å²) in [4.78, 5) is 11.7. The number of benzene rings is 2. The first kappa shape index (κ1) is 17.2. The number of halogens is 1. The molecule has 0 bridgehead atoms. The van der Waals surface area contributed by atoms with Crippen molar-refractivity contribution < 1.29 is 9.53 Å². The predicted octanol–water partition coefficient (Wildman–Crippen LogP) is 4.32. The zero-order valence-corrected chi connectivity index (χ0v) is 13.9. The van der Waals surface area contributed by atoms with E-state index < -0.39 is 0 Å². The number of hydrogen-bond donors (Lipinski definition) is 2. The smallest absolute Gasteiger partial charge is 0.319 e. The fourth-order valence-corrected chi connectivity index (χ4v) is 2.20. The van der Waals surface area contributed by atoms with Gasteiger partial charge in [-0.2, -0.15) is 0 Å². The maximum Gasteiger partial charge on any atom is 0.319 e. The standard InChI is InChI=1S/C18H21ClN2O2/c1-14-12-16(21-18(22)20-11-5-10-19)8-9-17(14)23-13-15-6-3-2-4-7-15/h2-4,6-9,12H,5,10-11,13H2,1H3,(H2,20,21,22). The van der Waals surface area contributed by atoms with Crippen LogP contribution in [0.1, 0.15) is 17.5 Å². The van der Waals surface area contributed by atoms with E-state index >= 15 is 0 Å². The second-order valence-corrected chi connectivity index (χ2v) is 5.56. The number of hydrogen-bond acceptors (Lipinski definition) is 2. The van der Waals surface area contributed by atoms with Crippen molar-refractivity contribution in [1.29, 1.82) is 0 Å². The van der Waals surface area contributed by atoms with Crippen LogP contribution in [0, 0.1) is 6.92 Å². The van der Waals surface area contributed by atoms with Crippen LogP contribution in [0.4, 0.5) is 10.5 Å². The fourth-order valence-electron chi connectivity index (χ4n) is 2.07. The van der Waals surface area contributed by atoms with Crippen molar-refractivity contribution in [1.82, 2.24) is 5.32 Å². The van der Waals surface area contributed by atoms with E-state index in [9.17, 15) is 4.79 Å². The third-order valence-corrected chi connectivity index (χ3v) is 3.53. The minimum Gasteiger partial charge on any atom is -0.489 e. The normalized spacial score (nSPS) is 10.2. The number of alkyl halides is 1. The summed E-state index contributed by atoms with van der Waals surface area (Å²) in [6.45, 7) is 3.04. The van der Waals surface area contributed by atoms with Crippen molar-refractivity contribution in [2.24, 2.45) is 0 Å². The first-order valence-corrected chi connectivity index (χ1v) is 8.10. The summed E-state index contributed by atoms with van der Waals surface area (Å²) in [7, 11) is 0. The molecule has 0 unspecified atom stereocenters. The van der Waals surface area contributed by atoms with Gasteiger partial charge in [-0.25, -0.2) is 4.79 Å². The predicted molar refractivity (Wildman–Crippen MR) is 94.3 cm³/mol. The number of urea groups is 1. The molecule has 0 saturated carbocycles. The zero-order chi connectivity index (χ0) is 16.5. The second kappa shape index (κ2) is 9.06. The van der Waals surface area contributed by atoms with Crippen molar-refractivity contribution in [2.45, 2.75) is 20.0 Å². The highest BCUT2D eigenvalue weighted by atomic mass is 35.5. The van der Waals surface area contributed by atoms with Crippen LogP contribution in [0.5, 0.6) is 5.75 Å². The van der Waals surface area contributed by atoms with Gasteiger partial charge in [-0.05, 0) is 42.7 Å². The van der Waals surface area contributed by atoms with Gasteiger partial charge in [-0.1, -0.05) is 30.3 Å². The Labute approximate surface area is 141 Å². The van der Waals surface area contributed by atoms with E-state index in [4.69, 9.17) is 16.3 Å². The Morgan fingerprint density at radius 2 is 1.96 bits per heavy atom. The van der Waals surface area contributed by atoms with Crippen LogP contribution in [-0.4, -0.2) is 18.5 Å². The summed E-state index contributed by atoms with van der Waals surface area (Å²) in [5, 5.41) is 5.54. The van der Waals surface area contributed by atoms with E-state index in [1.54, 1.807) is 0 Å². The average Bonchev–Trinajstić information content (AvgIpc) is 2.55. The van der Waals surface area contributed by atoms with Gasteiger partial charge >= 0.3 is 6.03 Å². The van der Waals surface area contributed by atoms with Crippen LogP contribution in [-0.2, 0) is 6.61 Å². The van der Waals surface area contributed by atoms with Gasteiger partial charge in [0.25, 0.3) is 0 Å². The number of nitrogens with one attached hydrogen (secondary N) is 2. The van der Waals surface area contributed by atoms with E-state index in [2.05, 4.69) is 10.6 Å². The lowest BCUT2D eigenvalue weighted by molar-refractivity contribution is 0.252. The number of carbonyl (C=O) groups excluding carboxylic acids is 1. The van der Waals surface area contributed by atoms with Gasteiger partial charge in [-0.3, -0.25) is 0 Å². The van der Waals surface area contributed by atoms with Crippen LogP contribution in [0.15, 0.2) is 48.5 Å². The van der Waals surface area contributed by atoms with Crippen molar-refractivity contribution in [2.75, 3.05) is 17.7 Å². The molecule has 0 fully saturated rings. The van der Waals surface area contributed by atoms with Crippen LogP contribution in [0.3, 0.4) is 0 Å². The van der Waals surface area contributed by atoms with Crippen molar-refractivity contribution in [3.05, 3.63) is 59.7 Å². The molecular weight excluding hydrogens is 312 g/mol. The van der Waals surface area contributed by atoms with E-state index in [0.717, 1.165) is 29.0 Å². The van der Waals surface area contributed by atoms with Gasteiger partial charge in [0.05, 0.1) is 0 Å². The highest BCUT2D eigenvalue weighted by molar-refractivity contribution is 6.17. The molecule has 0 saturated heterocycles. The van der Waals surface area contributed by atoms with Crippen LogP contribution < -0.4 is 15.4 Å². The largest absolute Gasteiger partial charge is 0.489 e. The molecule has 23 heavy (non-hydrogen) atoms. The molecule has 0 aromatic heterocycles. The molecule has 5 heteroatoms. The summed E-state index contributed by atoms with van der Waals surface area (Å²) < 4.78 is 5.82. The number of amides is 2. The molecule has 2 N–H and O–H groups in total. The van der Waals surface area contributed by atoms with E-state index in [0.29, 0.717) is 19.0 Å². The Hall–Kier alpha value is -2.20. The molecule has 0 heterocycles. The fraction of sp³-hybridized carbons (Fsp3) is 0.278. The summed E-state index contributed by atoms with van der Waals surface area (Å²) in [6, 6.07) is 15.4. The molecule has 4 nitrogen and oxygen atoms in total. The molecule has 0 aliphatic carbocycles. The molecule has 2 amide bonds. The van der Waals surface area contributed by atoms with Gasteiger partial charge in [0.1, 0.15) is 12.4 Å². The van der Waals surface area contributed by atoms with E-state index in [-0.39, 0.29) is 6.03 Å². The molecule has 122 valence electrons. The van der Waals surface area contributed by atoms with Crippen LogP contribution in [0.25, 0.3) is 0 Å². The minimum atomic E-state index is -0.229. The highest BCUT2D eigenvalue weighted by Gasteiger charge is 2.05. The topological polar surface area (TPSA) is 50.4 Å². The van der Waals surface area contributed by atoms with Gasteiger partial charge in [0, 0.05) is 18.1 Å². The van der Waals surface area contributed by atoms with Gasteiger partial charge < -0.3 is 15.4 Å². The lowest BCUT2D eigenvalue weighted by Gasteiger charge is -2.12. The lowest BCUT2D eigenvalue weighted by Crippen LogP contribution is -2.29. The van der Waals surface area contributed by atoms with E-state index in [1.807, 2.05) is 55.5 Å². The number of ether oxygens (including phenoxy) is 1. The number of carbonyl (C=O) groups is 1. The Morgan fingerprint density at radius 1 is 1.17 bits per heavy atom. The monoisotopic (exact) mass is 332 g/mol. The molecule has 2 rings (SSSR count).